The summed E-state index contributed by atoms with van der Waals surface area (Å²) in [7, 11) is 0. The van der Waals surface area contributed by atoms with Gasteiger partial charge in [0.2, 0.25) is 0 Å². The monoisotopic (exact) mass is 416 g/mol. The molecule has 5 heteroatoms. The number of benzene rings is 1. The highest BCUT2D eigenvalue weighted by molar-refractivity contribution is 14.1. The third kappa shape index (κ3) is 4.07. The van der Waals surface area contributed by atoms with E-state index in [9.17, 15) is 4.79 Å². The van der Waals surface area contributed by atoms with Crippen molar-refractivity contribution in [3.63, 3.8) is 0 Å². The van der Waals surface area contributed by atoms with Gasteiger partial charge < -0.3 is 0 Å². The van der Waals surface area contributed by atoms with Crippen molar-refractivity contribution in [2.75, 3.05) is 0 Å². The van der Waals surface area contributed by atoms with E-state index in [1.807, 2.05) is 29.1 Å². The Morgan fingerprint density at radius 2 is 2.05 bits per heavy atom. The first kappa shape index (κ1) is 16.5. The quantitative estimate of drug-likeness (QED) is 0.494. The summed E-state index contributed by atoms with van der Waals surface area (Å²) in [4.78, 5) is 12.3. The van der Waals surface area contributed by atoms with Crippen molar-refractivity contribution in [3.05, 3.63) is 50.3 Å². The van der Waals surface area contributed by atoms with Crippen molar-refractivity contribution in [2.24, 2.45) is 0 Å². The number of hydrogen-bond acceptors (Lipinski definition) is 2. The molecule has 1 aromatic carbocycles. The zero-order valence-electron chi connectivity index (χ0n) is 12.1. The van der Waals surface area contributed by atoms with Crippen molar-refractivity contribution in [1.29, 1.82) is 0 Å². The van der Waals surface area contributed by atoms with Crippen LogP contribution < -0.4 is 0 Å². The van der Waals surface area contributed by atoms with Gasteiger partial charge in [-0.15, -0.1) is 0 Å². The zero-order chi connectivity index (χ0) is 15.4. The van der Waals surface area contributed by atoms with Crippen LogP contribution in [0.25, 0.3) is 0 Å². The van der Waals surface area contributed by atoms with Crippen molar-refractivity contribution in [1.82, 2.24) is 9.78 Å². The fraction of sp³-hybridized carbons (Fsp3) is 0.375. The molecule has 0 amide bonds. The molecule has 2 aromatic rings. The Morgan fingerprint density at radius 3 is 2.67 bits per heavy atom. The summed E-state index contributed by atoms with van der Waals surface area (Å²) < 4.78 is 2.91. The maximum Gasteiger partial charge on any atom is 0.168 e. The summed E-state index contributed by atoms with van der Waals surface area (Å²) in [5.74, 6) is 0.0445. The molecule has 0 saturated carbocycles. The van der Waals surface area contributed by atoms with Gasteiger partial charge in [0.05, 0.1) is 23.2 Å². The van der Waals surface area contributed by atoms with E-state index in [2.05, 4.69) is 41.5 Å². The molecule has 0 aliphatic rings. The van der Waals surface area contributed by atoms with Crippen LogP contribution in [0.5, 0.6) is 0 Å². The van der Waals surface area contributed by atoms with Crippen LogP contribution in [0, 0.1) is 3.57 Å². The fourth-order valence-corrected chi connectivity index (χ4v) is 2.79. The van der Waals surface area contributed by atoms with Crippen LogP contribution in [0.1, 0.15) is 48.8 Å². The van der Waals surface area contributed by atoms with E-state index >= 15 is 0 Å². The summed E-state index contributed by atoms with van der Waals surface area (Å²) >= 11 is 8.21. The second kappa shape index (κ2) is 7.40. The normalized spacial score (nSPS) is 11.1. The van der Waals surface area contributed by atoms with E-state index in [1.54, 1.807) is 6.07 Å². The molecule has 3 nitrogen and oxygen atoms in total. The smallest absolute Gasteiger partial charge is 0.168 e. The van der Waals surface area contributed by atoms with Crippen LogP contribution in [-0.2, 0) is 6.42 Å². The molecule has 1 heterocycles. The van der Waals surface area contributed by atoms with Crippen LogP contribution in [-0.4, -0.2) is 15.6 Å². The summed E-state index contributed by atoms with van der Waals surface area (Å²) in [5.41, 5.74) is 1.44. The molecule has 0 aliphatic carbocycles. The lowest BCUT2D eigenvalue weighted by molar-refractivity contribution is 0.0991. The van der Waals surface area contributed by atoms with Gasteiger partial charge in [-0.1, -0.05) is 31.5 Å². The Hall–Kier alpha value is -0.880. The Kier molecular flexibility index (Phi) is 5.81. The van der Waals surface area contributed by atoms with Crippen molar-refractivity contribution in [2.45, 2.75) is 39.2 Å². The molecule has 0 saturated heterocycles. The van der Waals surface area contributed by atoms with Gasteiger partial charge >= 0.3 is 0 Å². The van der Waals surface area contributed by atoms with Gasteiger partial charge in [-0.05, 0) is 53.6 Å². The molecule has 0 atom stereocenters. The predicted molar refractivity (Wildman–Crippen MR) is 94.0 cm³/mol. The molecule has 112 valence electrons. The standard InChI is InChI=1S/C16H18ClIN2O/c1-3-13(4-2)20-8-7-12(19-20)10-16(21)11-5-6-15(18)14(17)9-11/h5-9,13H,3-4,10H2,1-2H3. The van der Waals surface area contributed by atoms with Crippen LogP contribution >= 0.6 is 34.2 Å². The van der Waals surface area contributed by atoms with Crippen molar-refractivity contribution >= 4 is 40.0 Å². The topological polar surface area (TPSA) is 34.9 Å². The lowest BCUT2D eigenvalue weighted by Gasteiger charge is -2.12. The van der Waals surface area contributed by atoms with Crippen LogP contribution in [0.4, 0.5) is 0 Å². The number of Topliss-reactive ketones (excluding diaryl/α,β-unsaturated/α-hetero) is 1. The molecule has 0 spiro atoms. The van der Waals surface area contributed by atoms with Crippen molar-refractivity contribution in [3.8, 4) is 0 Å². The Bertz CT molecular complexity index is 635. The second-order valence-electron chi connectivity index (χ2n) is 4.99. The maximum atomic E-state index is 12.3. The number of aromatic nitrogens is 2. The molecule has 1 aromatic heterocycles. The SMILES string of the molecule is CCC(CC)n1ccc(CC(=O)c2ccc(I)c(Cl)c2)n1. The molecule has 0 radical (unpaired) electrons. The number of halogens is 2. The minimum absolute atomic E-state index is 0.0445. The summed E-state index contributed by atoms with van der Waals surface area (Å²) in [6.45, 7) is 4.29. The third-order valence-corrected chi connectivity index (χ3v) is 5.14. The molecular formula is C16H18ClIN2O. The molecule has 0 bridgehead atoms. The molecule has 2 rings (SSSR count). The second-order valence-corrected chi connectivity index (χ2v) is 6.56. The molecule has 21 heavy (non-hydrogen) atoms. The number of carbonyl (C=O) groups excluding carboxylic acids is 1. The number of hydrogen-bond donors (Lipinski definition) is 0. The van der Waals surface area contributed by atoms with Gasteiger partial charge in [0.1, 0.15) is 0 Å². The molecule has 0 unspecified atom stereocenters. The first-order valence-electron chi connectivity index (χ1n) is 7.07. The fourth-order valence-electron chi connectivity index (χ4n) is 2.27. The van der Waals surface area contributed by atoms with E-state index < -0.39 is 0 Å². The zero-order valence-corrected chi connectivity index (χ0v) is 15.1. The van der Waals surface area contributed by atoms with Gasteiger partial charge in [-0.2, -0.15) is 5.10 Å². The van der Waals surface area contributed by atoms with Gasteiger partial charge in [-0.3, -0.25) is 9.48 Å². The molecule has 0 fully saturated rings. The minimum atomic E-state index is 0.0445. The van der Waals surface area contributed by atoms with E-state index in [-0.39, 0.29) is 5.78 Å². The average Bonchev–Trinajstić information content (AvgIpc) is 2.91. The Balaban J connectivity index is 2.11. The van der Waals surface area contributed by atoms with E-state index in [1.165, 1.54) is 0 Å². The summed E-state index contributed by atoms with van der Waals surface area (Å²) in [6.07, 6.45) is 4.35. The van der Waals surface area contributed by atoms with Gasteiger partial charge in [0.25, 0.3) is 0 Å². The van der Waals surface area contributed by atoms with Gasteiger partial charge in [0, 0.05) is 15.3 Å². The lowest BCUT2D eigenvalue weighted by Crippen LogP contribution is -2.09. The Morgan fingerprint density at radius 1 is 1.33 bits per heavy atom. The predicted octanol–water partition coefficient (Wildman–Crippen LogP) is 4.93. The number of ketones is 1. The van der Waals surface area contributed by atoms with Crippen molar-refractivity contribution < 1.29 is 4.79 Å². The molecule has 0 aliphatic heterocycles. The summed E-state index contributed by atoms with van der Waals surface area (Å²) in [5, 5.41) is 5.13. The number of rotatable bonds is 6. The van der Waals surface area contributed by atoms with E-state index in [4.69, 9.17) is 11.6 Å². The summed E-state index contributed by atoms with van der Waals surface area (Å²) in [6, 6.07) is 7.72. The van der Waals surface area contributed by atoms with E-state index in [0.717, 1.165) is 22.1 Å². The first-order chi connectivity index (χ1) is 10.0. The highest BCUT2D eigenvalue weighted by Gasteiger charge is 2.13. The van der Waals surface area contributed by atoms with Crippen LogP contribution in [0.3, 0.4) is 0 Å². The largest absolute Gasteiger partial charge is 0.294 e. The average molecular weight is 417 g/mol. The molecular weight excluding hydrogens is 399 g/mol. The lowest BCUT2D eigenvalue weighted by atomic mass is 10.1. The third-order valence-electron chi connectivity index (χ3n) is 3.56. The highest BCUT2D eigenvalue weighted by Crippen LogP contribution is 2.21. The maximum absolute atomic E-state index is 12.3. The van der Waals surface area contributed by atoms with Gasteiger partial charge in [-0.25, -0.2) is 0 Å². The Labute approximate surface area is 143 Å². The number of nitrogens with zero attached hydrogens (tertiary/aromatic N) is 2. The highest BCUT2D eigenvalue weighted by atomic mass is 127. The van der Waals surface area contributed by atoms with Crippen LogP contribution in [0.15, 0.2) is 30.5 Å². The molecule has 0 N–H and O–H groups in total. The minimum Gasteiger partial charge on any atom is -0.294 e. The first-order valence-corrected chi connectivity index (χ1v) is 8.53. The van der Waals surface area contributed by atoms with E-state index in [0.29, 0.717) is 23.0 Å². The number of carbonyl (C=O) groups is 1. The van der Waals surface area contributed by atoms with Gasteiger partial charge in [0.15, 0.2) is 5.78 Å². The van der Waals surface area contributed by atoms with Crippen LogP contribution in [0.2, 0.25) is 5.02 Å².